The van der Waals surface area contributed by atoms with Crippen molar-refractivity contribution in [3.8, 4) is 0 Å². The van der Waals surface area contributed by atoms with E-state index < -0.39 is 0 Å². The van der Waals surface area contributed by atoms with Crippen molar-refractivity contribution < 1.29 is 4.39 Å². The number of aromatic nitrogens is 1. The molecule has 0 amide bonds. The number of halogens is 3. The van der Waals surface area contributed by atoms with Crippen molar-refractivity contribution >= 4 is 27.5 Å². The second kappa shape index (κ2) is 2.84. The zero-order valence-corrected chi connectivity index (χ0v) is 7.50. The molecule has 1 rings (SSSR count). The lowest BCUT2D eigenvalue weighted by Crippen LogP contribution is -1.86. The Labute approximate surface area is 71.4 Å². The zero-order valence-electron chi connectivity index (χ0n) is 5.16. The van der Waals surface area contributed by atoms with Gasteiger partial charge < -0.3 is 0 Å². The summed E-state index contributed by atoms with van der Waals surface area (Å²) in [7, 11) is 0. The minimum absolute atomic E-state index is 0.156. The van der Waals surface area contributed by atoms with Gasteiger partial charge in [0.05, 0.1) is 0 Å². The van der Waals surface area contributed by atoms with Crippen LogP contribution in [0.25, 0.3) is 0 Å². The van der Waals surface area contributed by atoms with Gasteiger partial charge >= 0.3 is 0 Å². The minimum atomic E-state index is -0.387. The summed E-state index contributed by atoms with van der Waals surface area (Å²) in [5, 5.41) is 0.327. The first-order valence-electron chi connectivity index (χ1n) is 2.59. The first kappa shape index (κ1) is 7.95. The highest BCUT2D eigenvalue weighted by atomic mass is 79.9. The van der Waals surface area contributed by atoms with Gasteiger partial charge in [-0.3, -0.25) is 0 Å². The summed E-state index contributed by atoms with van der Waals surface area (Å²) in [5.74, 6) is -0.387. The van der Waals surface area contributed by atoms with E-state index in [0.29, 0.717) is 10.7 Å². The highest BCUT2D eigenvalue weighted by molar-refractivity contribution is 9.10. The molecule has 0 saturated heterocycles. The van der Waals surface area contributed by atoms with Crippen molar-refractivity contribution in [1.29, 1.82) is 0 Å². The molecule has 0 radical (unpaired) electrons. The number of hydrogen-bond acceptors (Lipinski definition) is 1. The Balaban J connectivity index is 3.28. The summed E-state index contributed by atoms with van der Waals surface area (Å²) in [6.45, 7) is 1.70. The fourth-order valence-corrected chi connectivity index (χ4v) is 1.07. The summed E-state index contributed by atoms with van der Waals surface area (Å²) in [6, 6.07) is 1.33. The number of hydrogen-bond donors (Lipinski definition) is 0. The molecule has 1 nitrogen and oxygen atoms in total. The molecule has 0 aliphatic heterocycles. The number of pyridine rings is 1. The monoisotopic (exact) mass is 223 g/mol. The summed E-state index contributed by atoms with van der Waals surface area (Å²) in [4.78, 5) is 3.68. The number of aryl methyl sites for hydroxylation is 1. The van der Waals surface area contributed by atoms with Crippen LogP contribution in [-0.2, 0) is 0 Å². The molecule has 0 aromatic carbocycles. The van der Waals surface area contributed by atoms with E-state index in [-0.39, 0.29) is 10.4 Å². The largest absolute Gasteiger partial charge is 0.226 e. The lowest BCUT2D eigenvalue weighted by molar-refractivity contribution is 0.611. The summed E-state index contributed by atoms with van der Waals surface area (Å²) < 4.78 is 12.7. The average Bonchev–Trinajstić information content (AvgIpc) is 1.84. The molecule has 1 aromatic rings. The van der Waals surface area contributed by atoms with Gasteiger partial charge in [0.2, 0.25) is 0 Å². The molecule has 0 saturated carbocycles. The molecule has 0 aliphatic rings. The van der Waals surface area contributed by atoms with Gasteiger partial charge in [0.1, 0.15) is 9.76 Å². The summed E-state index contributed by atoms with van der Waals surface area (Å²) >= 11 is 8.49. The molecule has 0 spiro atoms. The van der Waals surface area contributed by atoms with Crippen LogP contribution in [0, 0.1) is 12.7 Å². The van der Waals surface area contributed by atoms with E-state index in [0.717, 1.165) is 0 Å². The van der Waals surface area contributed by atoms with Gasteiger partial charge in [-0.1, -0.05) is 11.6 Å². The first-order chi connectivity index (χ1) is 4.61. The molecule has 0 bridgehead atoms. The van der Waals surface area contributed by atoms with Crippen LogP contribution in [0.3, 0.4) is 0 Å². The Morgan fingerprint density at radius 2 is 2.30 bits per heavy atom. The van der Waals surface area contributed by atoms with Crippen LogP contribution in [0.5, 0.6) is 0 Å². The standard InChI is InChI=1S/C6H4BrClFN/c1-3-2-4(9)5(7)10-6(3)8/h2H,1H3. The van der Waals surface area contributed by atoms with Crippen molar-refractivity contribution in [2.75, 3.05) is 0 Å². The van der Waals surface area contributed by atoms with E-state index in [9.17, 15) is 4.39 Å². The molecule has 0 aliphatic carbocycles. The zero-order chi connectivity index (χ0) is 7.72. The van der Waals surface area contributed by atoms with E-state index in [2.05, 4.69) is 20.9 Å². The van der Waals surface area contributed by atoms with Gasteiger partial charge in [-0.15, -0.1) is 0 Å². The highest BCUT2D eigenvalue weighted by Crippen LogP contribution is 2.19. The van der Waals surface area contributed by atoms with Crippen LogP contribution in [0.15, 0.2) is 10.7 Å². The number of nitrogens with zero attached hydrogens (tertiary/aromatic N) is 1. The molecule has 1 aromatic heterocycles. The van der Waals surface area contributed by atoms with Crippen molar-refractivity contribution in [1.82, 2.24) is 4.98 Å². The quantitative estimate of drug-likeness (QED) is 0.618. The normalized spacial score (nSPS) is 10.0. The number of rotatable bonds is 0. The third kappa shape index (κ3) is 1.47. The fourth-order valence-electron chi connectivity index (χ4n) is 0.537. The van der Waals surface area contributed by atoms with Crippen LogP contribution in [0.1, 0.15) is 5.56 Å². The van der Waals surface area contributed by atoms with E-state index in [4.69, 9.17) is 11.6 Å². The van der Waals surface area contributed by atoms with Gasteiger partial charge in [0, 0.05) is 0 Å². The van der Waals surface area contributed by atoms with Crippen molar-refractivity contribution in [2.24, 2.45) is 0 Å². The molecule has 1 heterocycles. The molecule has 4 heteroatoms. The minimum Gasteiger partial charge on any atom is -0.226 e. The Bertz CT molecular complexity index is 214. The van der Waals surface area contributed by atoms with Crippen LogP contribution < -0.4 is 0 Å². The van der Waals surface area contributed by atoms with Crippen molar-refractivity contribution in [2.45, 2.75) is 6.92 Å². The van der Waals surface area contributed by atoms with Crippen LogP contribution >= 0.6 is 27.5 Å². The predicted octanol–water partition coefficient (Wildman–Crippen LogP) is 2.95. The molecule has 54 valence electrons. The molecule has 0 atom stereocenters. The van der Waals surface area contributed by atoms with E-state index in [1.54, 1.807) is 6.92 Å². The third-order valence-electron chi connectivity index (χ3n) is 1.06. The van der Waals surface area contributed by atoms with Gasteiger partial charge in [-0.2, -0.15) is 0 Å². The van der Waals surface area contributed by atoms with Crippen LogP contribution in [0.4, 0.5) is 4.39 Å². The topological polar surface area (TPSA) is 12.9 Å². The van der Waals surface area contributed by atoms with E-state index >= 15 is 0 Å². The lowest BCUT2D eigenvalue weighted by Gasteiger charge is -1.97. The van der Waals surface area contributed by atoms with E-state index in [1.807, 2.05) is 0 Å². The second-order valence-electron chi connectivity index (χ2n) is 1.87. The van der Waals surface area contributed by atoms with Gasteiger partial charge in [-0.25, -0.2) is 9.37 Å². The maximum absolute atomic E-state index is 12.6. The van der Waals surface area contributed by atoms with E-state index in [1.165, 1.54) is 6.07 Å². The predicted molar refractivity (Wildman–Crippen MR) is 41.6 cm³/mol. The summed E-state index contributed by atoms with van der Waals surface area (Å²) in [5.41, 5.74) is 0.641. The highest BCUT2D eigenvalue weighted by Gasteiger charge is 2.03. The smallest absolute Gasteiger partial charge is 0.156 e. The fraction of sp³-hybridized carbons (Fsp3) is 0.167. The van der Waals surface area contributed by atoms with Crippen LogP contribution in [-0.4, -0.2) is 4.98 Å². The van der Waals surface area contributed by atoms with Crippen molar-refractivity contribution in [3.05, 3.63) is 27.2 Å². The molecule has 10 heavy (non-hydrogen) atoms. The molecular weight excluding hydrogens is 220 g/mol. The first-order valence-corrected chi connectivity index (χ1v) is 3.76. The second-order valence-corrected chi connectivity index (χ2v) is 2.98. The van der Waals surface area contributed by atoms with Crippen molar-refractivity contribution in [3.63, 3.8) is 0 Å². The van der Waals surface area contributed by atoms with Gasteiger partial charge in [0.15, 0.2) is 5.82 Å². The molecular formula is C6H4BrClFN. The van der Waals surface area contributed by atoms with Gasteiger partial charge in [-0.05, 0) is 34.5 Å². The lowest BCUT2D eigenvalue weighted by atomic mass is 10.3. The molecule has 0 unspecified atom stereocenters. The average molecular weight is 224 g/mol. The summed E-state index contributed by atoms with van der Waals surface area (Å²) in [6.07, 6.45) is 0. The Kier molecular flexibility index (Phi) is 2.26. The van der Waals surface area contributed by atoms with Crippen LogP contribution in [0.2, 0.25) is 5.15 Å². The maximum atomic E-state index is 12.6. The third-order valence-corrected chi connectivity index (χ3v) is 2.00. The Hall–Kier alpha value is -0.150. The SMILES string of the molecule is Cc1cc(F)c(Br)nc1Cl. The Morgan fingerprint density at radius 3 is 2.80 bits per heavy atom. The molecule has 0 fully saturated rings. The maximum Gasteiger partial charge on any atom is 0.156 e. The van der Waals surface area contributed by atoms with Gasteiger partial charge in [0.25, 0.3) is 0 Å². The Morgan fingerprint density at radius 1 is 1.70 bits per heavy atom. The molecule has 0 N–H and O–H groups in total.